The van der Waals surface area contributed by atoms with E-state index >= 15 is 0 Å². The first-order valence-electron chi connectivity index (χ1n) is 18.1. The summed E-state index contributed by atoms with van der Waals surface area (Å²) in [6.07, 6.45) is 5.03. The Balaban J connectivity index is 0.913. The first kappa shape index (κ1) is 34.1. The second kappa shape index (κ2) is 13.9. The monoisotopic (exact) mass is 735 g/mol. The Bertz CT molecular complexity index is 2260. The van der Waals surface area contributed by atoms with Gasteiger partial charge in [0, 0.05) is 49.8 Å². The van der Waals surface area contributed by atoms with Crippen LogP contribution in [0.25, 0.3) is 0 Å². The van der Waals surface area contributed by atoms with E-state index in [0.717, 1.165) is 11.1 Å². The predicted molar refractivity (Wildman–Crippen MR) is 204 cm³/mol. The zero-order valence-electron chi connectivity index (χ0n) is 30.3. The summed E-state index contributed by atoms with van der Waals surface area (Å²) >= 11 is 0. The lowest BCUT2D eigenvalue weighted by atomic mass is 9.94. The first-order chi connectivity index (χ1) is 26.8. The maximum absolute atomic E-state index is 13.8. The van der Waals surface area contributed by atoms with E-state index in [9.17, 15) is 14.7 Å². The molecule has 0 aliphatic carbocycles. The smallest absolute Gasteiger partial charge is 0.257 e. The van der Waals surface area contributed by atoms with Crippen molar-refractivity contribution in [2.75, 3.05) is 14.2 Å². The Hall–Kier alpha value is -6.69. The molecule has 0 bridgehead atoms. The van der Waals surface area contributed by atoms with Crippen LogP contribution < -0.4 is 18.9 Å². The molecule has 276 valence electrons. The minimum Gasteiger partial charge on any atom is -0.508 e. The molecule has 1 unspecified atom stereocenters. The maximum Gasteiger partial charge on any atom is 0.257 e. The number of amides is 2. The number of carbonyl (C=O) groups is 2. The van der Waals surface area contributed by atoms with Crippen LogP contribution in [-0.2, 0) is 39.1 Å². The normalized spacial score (nSPS) is 17.8. The van der Waals surface area contributed by atoms with E-state index in [1.165, 1.54) is 37.5 Å². The molecule has 9 rings (SSSR count). The number of ether oxygens (including phenoxy) is 4. The minimum atomic E-state index is -0.163. The van der Waals surface area contributed by atoms with Crippen molar-refractivity contribution in [2.24, 2.45) is 9.98 Å². The molecule has 5 aromatic rings. The Labute approximate surface area is 317 Å². The van der Waals surface area contributed by atoms with Crippen molar-refractivity contribution in [3.05, 3.63) is 130 Å². The number of nitrogens with zero attached hydrogens (tertiary/aromatic N) is 5. The highest BCUT2D eigenvalue weighted by atomic mass is 16.5. The lowest BCUT2D eigenvalue weighted by molar-refractivity contribution is 0.0696. The minimum absolute atomic E-state index is 0.0151. The highest BCUT2D eigenvalue weighted by Crippen LogP contribution is 2.40. The fraction of sp³-hybridized carbons (Fsp3) is 0.233. The molecular formula is C43H37N5O7. The standard InChI is InChI=1S/C43H37N5O7/c1-52-38-15-34-36(44-19-31-11-25-7-3-5-9-27(25)21-47(31)42(34)50)17-40(38)54-23-29-13-33(49)14-30(46-29)24-55-41-18-37-35(16-39(41)53-2)43(51)48-22-28-10-6-4-8-26(28)12-32(48)20-45-37/h3-10,13-20,31-32H,11-12,21-24H2,1-2H3,(H,46,49)/t31-,32?/m0/s1. The molecule has 0 spiro atoms. The second-order valence-corrected chi connectivity index (χ2v) is 13.9. The molecule has 0 fully saturated rings. The highest BCUT2D eigenvalue weighted by Gasteiger charge is 2.35. The number of pyridine rings is 1. The van der Waals surface area contributed by atoms with Crippen molar-refractivity contribution in [1.82, 2.24) is 14.8 Å². The third kappa shape index (κ3) is 6.39. The number of hydrogen-bond acceptors (Lipinski definition) is 10. The number of aromatic nitrogens is 1. The molecule has 4 aliphatic rings. The Kier molecular flexibility index (Phi) is 8.64. The van der Waals surface area contributed by atoms with Crippen LogP contribution in [0.3, 0.4) is 0 Å². The molecular weight excluding hydrogens is 699 g/mol. The lowest BCUT2D eigenvalue weighted by Gasteiger charge is -2.34. The van der Waals surface area contributed by atoms with E-state index in [1.54, 1.807) is 24.3 Å². The Morgan fingerprint density at radius 1 is 0.618 bits per heavy atom. The number of benzene rings is 4. The van der Waals surface area contributed by atoms with E-state index < -0.39 is 0 Å². The van der Waals surface area contributed by atoms with Crippen LogP contribution in [0.5, 0.6) is 28.7 Å². The summed E-state index contributed by atoms with van der Waals surface area (Å²) in [5, 5.41) is 10.6. The molecule has 4 aliphatic heterocycles. The van der Waals surface area contributed by atoms with Crippen molar-refractivity contribution in [3.8, 4) is 28.7 Å². The van der Waals surface area contributed by atoms with Crippen LogP contribution in [-0.4, -0.2) is 70.4 Å². The largest absolute Gasteiger partial charge is 0.508 e. The first-order valence-corrected chi connectivity index (χ1v) is 18.1. The van der Waals surface area contributed by atoms with Gasteiger partial charge in [-0.2, -0.15) is 0 Å². The number of aromatic hydroxyl groups is 1. The fourth-order valence-corrected chi connectivity index (χ4v) is 7.73. The predicted octanol–water partition coefficient (Wildman–Crippen LogP) is 6.53. The number of aliphatic imine (C=N–C) groups is 2. The van der Waals surface area contributed by atoms with E-state index in [-0.39, 0.29) is 42.9 Å². The summed E-state index contributed by atoms with van der Waals surface area (Å²) in [5.74, 6) is 1.24. The van der Waals surface area contributed by atoms with Crippen LogP contribution in [0.1, 0.15) is 54.4 Å². The molecule has 55 heavy (non-hydrogen) atoms. The summed E-state index contributed by atoms with van der Waals surface area (Å²) in [5.41, 5.74) is 7.39. The molecule has 1 aromatic heterocycles. The third-order valence-electron chi connectivity index (χ3n) is 10.6. The summed E-state index contributed by atoms with van der Waals surface area (Å²) in [6, 6.07) is 25.7. The molecule has 2 atom stereocenters. The summed E-state index contributed by atoms with van der Waals surface area (Å²) in [6.45, 7) is 0.975. The zero-order valence-corrected chi connectivity index (χ0v) is 30.3. The summed E-state index contributed by atoms with van der Waals surface area (Å²) in [7, 11) is 3.03. The maximum atomic E-state index is 13.8. The SMILES string of the molecule is COc1cc2c(cc1OCc1cc(O)cc(COc3cc4c(cc3OC)C(=O)N3Cc5ccccc5C[C@H]3C=N4)n1)N=CC1Cc3ccccc3CN1C2=O. The third-order valence-corrected chi connectivity index (χ3v) is 10.6. The van der Waals surface area contributed by atoms with Gasteiger partial charge in [-0.15, -0.1) is 0 Å². The van der Waals surface area contributed by atoms with E-state index in [1.807, 2.05) is 46.5 Å². The fourth-order valence-electron chi connectivity index (χ4n) is 7.73. The summed E-state index contributed by atoms with van der Waals surface area (Å²) in [4.78, 5) is 45.3. The van der Waals surface area contributed by atoms with Crippen molar-refractivity contribution >= 4 is 35.6 Å². The van der Waals surface area contributed by atoms with Crippen LogP contribution in [0.2, 0.25) is 0 Å². The average Bonchev–Trinajstić information content (AvgIpc) is 3.42. The second-order valence-electron chi connectivity index (χ2n) is 13.9. The van der Waals surface area contributed by atoms with Crippen molar-refractivity contribution < 1.29 is 33.6 Å². The molecule has 2 amide bonds. The van der Waals surface area contributed by atoms with Gasteiger partial charge in [-0.25, -0.2) is 0 Å². The van der Waals surface area contributed by atoms with Gasteiger partial charge in [-0.1, -0.05) is 48.5 Å². The Morgan fingerprint density at radius 2 is 1.05 bits per heavy atom. The molecule has 12 heteroatoms. The van der Waals surface area contributed by atoms with Crippen molar-refractivity contribution in [2.45, 2.75) is 51.2 Å². The number of fused-ring (bicyclic) bond motifs is 6. The van der Waals surface area contributed by atoms with Gasteiger partial charge in [0.15, 0.2) is 23.0 Å². The van der Waals surface area contributed by atoms with E-state index in [4.69, 9.17) is 28.9 Å². The number of methoxy groups -OCH3 is 2. The van der Waals surface area contributed by atoms with Gasteiger partial charge in [0.05, 0.1) is 60.2 Å². The average molecular weight is 736 g/mol. The van der Waals surface area contributed by atoms with Gasteiger partial charge in [0.2, 0.25) is 0 Å². The molecule has 0 radical (unpaired) electrons. The van der Waals surface area contributed by atoms with Gasteiger partial charge in [0.25, 0.3) is 11.8 Å². The molecule has 0 saturated heterocycles. The van der Waals surface area contributed by atoms with Gasteiger partial charge < -0.3 is 33.9 Å². The van der Waals surface area contributed by atoms with Crippen LogP contribution in [0.15, 0.2) is 94.9 Å². The van der Waals surface area contributed by atoms with Gasteiger partial charge in [0.1, 0.15) is 19.0 Å². The molecule has 12 nitrogen and oxygen atoms in total. The highest BCUT2D eigenvalue weighted by molar-refractivity contribution is 6.04. The quantitative estimate of drug-likeness (QED) is 0.190. The number of carbonyl (C=O) groups excluding carboxylic acids is 2. The van der Waals surface area contributed by atoms with Crippen molar-refractivity contribution in [3.63, 3.8) is 0 Å². The lowest BCUT2D eigenvalue weighted by Crippen LogP contribution is -2.44. The van der Waals surface area contributed by atoms with E-state index in [0.29, 0.717) is 82.8 Å². The zero-order chi connectivity index (χ0) is 37.6. The number of hydrogen-bond donors (Lipinski definition) is 1. The number of rotatable bonds is 8. The van der Waals surface area contributed by atoms with Gasteiger partial charge in [-0.05, 0) is 47.2 Å². The molecule has 4 aromatic carbocycles. The molecule has 0 saturated carbocycles. The van der Waals surface area contributed by atoms with E-state index in [2.05, 4.69) is 29.2 Å². The topological polar surface area (TPSA) is 135 Å². The summed E-state index contributed by atoms with van der Waals surface area (Å²) < 4.78 is 23.6. The van der Waals surface area contributed by atoms with Crippen molar-refractivity contribution in [1.29, 1.82) is 0 Å². The molecule has 1 N–H and O–H groups in total. The van der Waals surface area contributed by atoms with Gasteiger partial charge in [-0.3, -0.25) is 24.6 Å². The molecule has 5 heterocycles. The van der Waals surface area contributed by atoms with Crippen LogP contribution >= 0.6 is 0 Å². The Morgan fingerprint density at radius 3 is 1.49 bits per heavy atom. The van der Waals surface area contributed by atoms with Crippen LogP contribution in [0, 0.1) is 0 Å². The van der Waals surface area contributed by atoms with Gasteiger partial charge >= 0.3 is 0 Å². The van der Waals surface area contributed by atoms with Crippen LogP contribution in [0.4, 0.5) is 11.4 Å².